The molecular formula is C35H42N4O3. The van der Waals surface area contributed by atoms with Gasteiger partial charge in [-0.3, -0.25) is 9.69 Å². The van der Waals surface area contributed by atoms with Gasteiger partial charge in [-0.1, -0.05) is 42.3 Å². The van der Waals surface area contributed by atoms with Gasteiger partial charge in [0.05, 0.1) is 24.6 Å². The standard InChI is InChI=1S/C35H42N4O3/c1-24-11-12-25(2)31(19-24)28-13-14-33-36-34(26-7-5-9-29(20-26)41-3)32(39(33)22-28)23-37-15-17-38(18-16-37)35(40)27-8-6-10-30(21-27)42-4/h5,7,9,11-14,19-20,22,27,30H,6,8,10,15-18,21,23H2,1-4H3/t27-,30+/m0/s1. The van der Waals surface area contributed by atoms with Gasteiger partial charge in [0.2, 0.25) is 5.91 Å². The van der Waals surface area contributed by atoms with E-state index in [0.29, 0.717) is 5.91 Å². The van der Waals surface area contributed by atoms with E-state index in [-0.39, 0.29) is 12.0 Å². The predicted octanol–water partition coefficient (Wildman–Crippen LogP) is 6.14. The fourth-order valence-electron chi connectivity index (χ4n) is 6.63. The summed E-state index contributed by atoms with van der Waals surface area (Å²) < 4.78 is 13.4. The highest BCUT2D eigenvalue weighted by molar-refractivity contribution is 5.79. The van der Waals surface area contributed by atoms with Gasteiger partial charge < -0.3 is 18.8 Å². The largest absolute Gasteiger partial charge is 0.497 e. The van der Waals surface area contributed by atoms with E-state index in [0.717, 1.165) is 86.8 Å². The van der Waals surface area contributed by atoms with Gasteiger partial charge in [-0.15, -0.1) is 0 Å². The lowest BCUT2D eigenvalue weighted by molar-refractivity contribution is -0.140. The summed E-state index contributed by atoms with van der Waals surface area (Å²) in [6.07, 6.45) is 6.41. The summed E-state index contributed by atoms with van der Waals surface area (Å²) in [6, 6.07) is 19.1. The first-order valence-corrected chi connectivity index (χ1v) is 15.2. The molecule has 42 heavy (non-hydrogen) atoms. The molecule has 3 heterocycles. The van der Waals surface area contributed by atoms with E-state index in [1.807, 2.05) is 12.1 Å². The van der Waals surface area contributed by atoms with Crippen LogP contribution < -0.4 is 4.74 Å². The predicted molar refractivity (Wildman–Crippen MR) is 167 cm³/mol. The number of ether oxygens (including phenoxy) is 2. The lowest BCUT2D eigenvalue weighted by Gasteiger charge is -2.38. The highest BCUT2D eigenvalue weighted by atomic mass is 16.5. The number of rotatable bonds is 7. The molecule has 7 nitrogen and oxygen atoms in total. The molecule has 1 saturated heterocycles. The zero-order chi connectivity index (χ0) is 29.2. The molecule has 2 aromatic carbocycles. The average molecular weight is 567 g/mol. The number of benzene rings is 2. The number of amides is 1. The Morgan fingerprint density at radius 1 is 0.952 bits per heavy atom. The third-order valence-corrected chi connectivity index (χ3v) is 9.13. The van der Waals surface area contributed by atoms with Crippen LogP contribution in [0.4, 0.5) is 0 Å². The third kappa shape index (κ3) is 5.81. The molecule has 0 radical (unpaired) electrons. The summed E-state index contributed by atoms with van der Waals surface area (Å²) in [5.74, 6) is 1.22. The van der Waals surface area contributed by atoms with Crippen molar-refractivity contribution in [1.82, 2.24) is 19.2 Å². The molecule has 1 aliphatic heterocycles. The molecule has 7 heteroatoms. The molecule has 220 valence electrons. The Labute approximate surface area is 249 Å². The number of carbonyl (C=O) groups is 1. The minimum Gasteiger partial charge on any atom is -0.497 e. The smallest absolute Gasteiger partial charge is 0.225 e. The Morgan fingerprint density at radius 3 is 2.57 bits per heavy atom. The SMILES string of the molecule is COc1cccc(-c2nc3ccc(-c4cc(C)ccc4C)cn3c2CN2CCN(C(=O)[C@H]3CCC[C@@H](OC)C3)CC2)c1. The van der Waals surface area contributed by atoms with E-state index < -0.39 is 0 Å². The molecule has 0 unspecified atom stereocenters. The fourth-order valence-corrected chi connectivity index (χ4v) is 6.63. The van der Waals surface area contributed by atoms with Crippen molar-refractivity contribution in [3.63, 3.8) is 0 Å². The van der Waals surface area contributed by atoms with Gasteiger partial charge in [0.15, 0.2) is 0 Å². The topological polar surface area (TPSA) is 59.3 Å². The normalized spacial score (nSPS) is 19.8. The Kier molecular flexibility index (Phi) is 8.31. The summed E-state index contributed by atoms with van der Waals surface area (Å²) in [6.45, 7) is 8.25. The molecule has 1 amide bonds. The molecule has 2 aliphatic rings. The van der Waals surface area contributed by atoms with Crippen molar-refractivity contribution in [2.24, 2.45) is 5.92 Å². The lowest BCUT2D eigenvalue weighted by atomic mass is 9.86. The Hall–Kier alpha value is -3.68. The van der Waals surface area contributed by atoms with Gasteiger partial charge in [-0.2, -0.15) is 0 Å². The number of aromatic nitrogens is 2. The number of hydrogen-bond donors (Lipinski definition) is 0. The van der Waals surface area contributed by atoms with Crippen LogP contribution >= 0.6 is 0 Å². The van der Waals surface area contributed by atoms with Crippen molar-refractivity contribution >= 4 is 11.6 Å². The molecule has 1 aliphatic carbocycles. The van der Waals surface area contributed by atoms with E-state index in [4.69, 9.17) is 14.5 Å². The first-order chi connectivity index (χ1) is 20.4. The van der Waals surface area contributed by atoms with Crippen molar-refractivity contribution in [1.29, 1.82) is 0 Å². The zero-order valence-corrected chi connectivity index (χ0v) is 25.3. The quantitative estimate of drug-likeness (QED) is 0.269. The maximum absolute atomic E-state index is 13.4. The van der Waals surface area contributed by atoms with Gasteiger partial charge in [-0.25, -0.2) is 4.98 Å². The van der Waals surface area contributed by atoms with Gasteiger partial charge in [0, 0.05) is 57.5 Å². The van der Waals surface area contributed by atoms with Gasteiger partial charge >= 0.3 is 0 Å². The van der Waals surface area contributed by atoms with Gasteiger partial charge in [-0.05, 0) is 74.1 Å². The Bertz CT molecular complexity index is 1570. The van der Waals surface area contributed by atoms with Crippen LogP contribution in [0.25, 0.3) is 28.0 Å². The van der Waals surface area contributed by atoms with Crippen molar-refractivity contribution < 1.29 is 14.3 Å². The van der Waals surface area contributed by atoms with Crippen molar-refractivity contribution in [3.8, 4) is 28.1 Å². The maximum Gasteiger partial charge on any atom is 0.225 e. The Morgan fingerprint density at radius 2 is 1.79 bits per heavy atom. The zero-order valence-electron chi connectivity index (χ0n) is 25.3. The monoisotopic (exact) mass is 566 g/mol. The summed E-state index contributed by atoms with van der Waals surface area (Å²) in [5.41, 5.74) is 9.01. The average Bonchev–Trinajstić information content (AvgIpc) is 3.39. The summed E-state index contributed by atoms with van der Waals surface area (Å²) in [4.78, 5) is 23.0. The van der Waals surface area contributed by atoms with Crippen LogP contribution in [0.5, 0.6) is 5.75 Å². The number of piperazine rings is 1. The molecular weight excluding hydrogens is 524 g/mol. The van der Waals surface area contributed by atoms with Crippen LogP contribution in [0.2, 0.25) is 0 Å². The number of pyridine rings is 1. The number of methoxy groups -OCH3 is 2. The second kappa shape index (κ2) is 12.3. The number of hydrogen-bond acceptors (Lipinski definition) is 5. The Balaban J connectivity index is 1.28. The molecule has 0 N–H and O–H groups in total. The first kappa shape index (κ1) is 28.4. The van der Waals surface area contributed by atoms with Crippen LogP contribution in [-0.2, 0) is 16.1 Å². The highest BCUT2D eigenvalue weighted by Gasteiger charge is 2.32. The maximum atomic E-state index is 13.4. The van der Waals surface area contributed by atoms with Crippen LogP contribution in [-0.4, -0.2) is 71.6 Å². The van der Waals surface area contributed by atoms with Gasteiger partial charge in [0.1, 0.15) is 11.4 Å². The van der Waals surface area contributed by atoms with E-state index in [1.54, 1.807) is 14.2 Å². The minimum absolute atomic E-state index is 0.0946. The molecule has 1 saturated carbocycles. The molecule has 4 aromatic rings. The summed E-state index contributed by atoms with van der Waals surface area (Å²) in [5, 5.41) is 0. The van der Waals surface area contributed by atoms with Crippen molar-refractivity contribution in [2.45, 2.75) is 52.2 Å². The number of aryl methyl sites for hydroxylation is 2. The molecule has 2 aromatic heterocycles. The third-order valence-electron chi connectivity index (χ3n) is 9.13. The van der Waals surface area contributed by atoms with Crippen LogP contribution in [0.15, 0.2) is 60.8 Å². The van der Waals surface area contributed by atoms with Crippen LogP contribution in [0, 0.1) is 19.8 Å². The number of nitrogens with zero attached hydrogens (tertiary/aromatic N) is 4. The van der Waals surface area contributed by atoms with Crippen LogP contribution in [0.3, 0.4) is 0 Å². The van der Waals surface area contributed by atoms with E-state index >= 15 is 0 Å². The first-order valence-electron chi connectivity index (χ1n) is 15.2. The highest BCUT2D eigenvalue weighted by Crippen LogP contribution is 2.32. The summed E-state index contributed by atoms with van der Waals surface area (Å²) in [7, 11) is 3.46. The number of carbonyl (C=O) groups excluding carboxylic acids is 1. The van der Waals surface area contributed by atoms with Gasteiger partial charge in [0.25, 0.3) is 0 Å². The van der Waals surface area contributed by atoms with Crippen molar-refractivity contribution in [2.75, 3.05) is 40.4 Å². The second-order valence-electron chi connectivity index (χ2n) is 11.9. The van der Waals surface area contributed by atoms with E-state index in [2.05, 4.69) is 76.7 Å². The van der Waals surface area contributed by atoms with E-state index in [1.165, 1.54) is 22.3 Å². The van der Waals surface area contributed by atoms with Crippen LogP contribution in [0.1, 0.15) is 42.5 Å². The summed E-state index contributed by atoms with van der Waals surface area (Å²) >= 11 is 0. The number of fused-ring (bicyclic) bond motifs is 1. The van der Waals surface area contributed by atoms with E-state index in [9.17, 15) is 4.79 Å². The second-order valence-corrected chi connectivity index (χ2v) is 11.9. The fraction of sp³-hybridized carbons (Fsp3) is 0.429. The minimum atomic E-state index is 0.0946. The van der Waals surface area contributed by atoms with Crippen molar-refractivity contribution in [3.05, 3.63) is 77.6 Å². The molecule has 0 spiro atoms. The molecule has 0 bridgehead atoms. The molecule has 2 atom stereocenters. The number of imidazole rings is 1. The molecule has 6 rings (SSSR count). The lowest BCUT2D eigenvalue weighted by Crippen LogP contribution is -2.50. The molecule has 2 fully saturated rings.